The first-order chi connectivity index (χ1) is 10.2. The fraction of sp³-hybridized carbons (Fsp3) is 0.950. The van der Waals surface area contributed by atoms with Crippen LogP contribution in [0.5, 0.6) is 0 Å². The number of nitrogens with zero attached hydrogens (tertiary/aromatic N) is 1. The second-order valence-electron chi connectivity index (χ2n) is 7.89. The van der Waals surface area contributed by atoms with Gasteiger partial charge in [0.1, 0.15) is 0 Å². The fourth-order valence-electron chi connectivity index (χ4n) is 4.86. The van der Waals surface area contributed by atoms with E-state index in [2.05, 4.69) is 19.9 Å². The van der Waals surface area contributed by atoms with Crippen LogP contribution in [0.4, 0.5) is 0 Å². The second-order valence-corrected chi connectivity index (χ2v) is 7.89. The van der Waals surface area contributed by atoms with Gasteiger partial charge in [0.15, 0.2) is 0 Å². The van der Waals surface area contributed by atoms with Crippen LogP contribution < -0.4 is 0 Å². The highest BCUT2D eigenvalue weighted by atomic mass is 14.4. The van der Waals surface area contributed by atoms with E-state index in [1.165, 1.54) is 77.0 Å². The molecule has 0 aliphatic heterocycles. The topological polar surface area (TPSA) is 23.8 Å². The average molecular weight is 290 g/mol. The number of hydrogen-bond acceptors (Lipinski definition) is 1. The molecule has 0 heterocycles. The van der Waals surface area contributed by atoms with Crippen LogP contribution in [0.3, 0.4) is 0 Å². The van der Waals surface area contributed by atoms with Gasteiger partial charge in [0, 0.05) is 5.92 Å². The van der Waals surface area contributed by atoms with E-state index in [9.17, 15) is 0 Å². The molecule has 2 aliphatic carbocycles. The Morgan fingerprint density at radius 1 is 0.905 bits per heavy atom. The van der Waals surface area contributed by atoms with Crippen LogP contribution in [-0.2, 0) is 0 Å². The maximum absolute atomic E-state index is 9.02. The SMILES string of the molecule is CCCCCC(C)C1CCC(C2CCC(C#N)CC2)CC1. The summed E-state index contributed by atoms with van der Waals surface area (Å²) < 4.78 is 0. The Labute approximate surface area is 132 Å². The zero-order valence-electron chi connectivity index (χ0n) is 14.3. The van der Waals surface area contributed by atoms with E-state index >= 15 is 0 Å². The molecule has 0 amide bonds. The van der Waals surface area contributed by atoms with Crippen molar-refractivity contribution in [1.82, 2.24) is 0 Å². The van der Waals surface area contributed by atoms with Crippen molar-refractivity contribution in [3.05, 3.63) is 0 Å². The summed E-state index contributed by atoms with van der Waals surface area (Å²) in [6, 6.07) is 2.47. The van der Waals surface area contributed by atoms with E-state index in [-0.39, 0.29) is 0 Å². The molecule has 1 atom stereocenters. The van der Waals surface area contributed by atoms with Crippen LogP contribution in [0.25, 0.3) is 0 Å². The summed E-state index contributed by atoms with van der Waals surface area (Å²) >= 11 is 0. The molecule has 120 valence electrons. The third-order valence-electron chi connectivity index (χ3n) is 6.51. The summed E-state index contributed by atoms with van der Waals surface area (Å²) in [7, 11) is 0. The summed E-state index contributed by atoms with van der Waals surface area (Å²) in [4.78, 5) is 0. The summed E-state index contributed by atoms with van der Waals surface area (Å²) in [5.41, 5.74) is 0. The van der Waals surface area contributed by atoms with Crippen molar-refractivity contribution >= 4 is 0 Å². The van der Waals surface area contributed by atoms with Crippen molar-refractivity contribution in [3.8, 4) is 6.07 Å². The first kappa shape index (κ1) is 16.9. The number of nitriles is 1. The van der Waals surface area contributed by atoms with Crippen LogP contribution in [0, 0.1) is 40.9 Å². The third-order valence-corrected chi connectivity index (χ3v) is 6.51. The predicted molar refractivity (Wildman–Crippen MR) is 89.8 cm³/mol. The Balaban J connectivity index is 1.67. The molecule has 0 aromatic heterocycles. The quantitative estimate of drug-likeness (QED) is 0.523. The van der Waals surface area contributed by atoms with Gasteiger partial charge in [0.2, 0.25) is 0 Å². The molecule has 2 fully saturated rings. The van der Waals surface area contributed by atoms with Crippen LogP contribution in [0.15, 0.2) is 0 Å². The van der Waals surface area contributed by atoms with Gasteiger partial charge in [-0.1, -0.05) is 39.5 Å². The summed E-state index contributed by atoms with van der Waals surface area (Å²) in [5.74, 6) is 4.27. The van der Waals surface area contributed by atoms with Crippen molar-refractivity contribution < 1.29 is 0 Å². The van der Waals surface area contributed by atoms with Crippen molar-refractivity contribution in [3.63, 3.8) is 0 Å². The van der Waals surface area contributed by atoms with E-state index in [0.717, 1.165) is 23.7 Å². The average Bonchev–Trinajstić information content (AvgIpc) is 2.55. The molecule has 2 rings (SSSR count). The Bertz CT molecular complexity index is 313. The lowest BCUT2D eigenvalue weighted by Crippen LogP contribution is -2.27. The molecule has 1 nitrogen and oxygen atoms in total. The molecule has 0 spiro atoms. The molecule has 0 aromatic rings. The molecule has 0 bridgehead atoms. The molecule has 1 heteroatoms. The lowest BCUT2D eigenvalue weighted by Gasteiger charge is -2.38. The molecule has 2 saturated carbocycles. The summed E-state index contributed by atoms with van der Waals surface area (Å²) in [5, 5.41) is 9.02. The van der Waals surface area contributed by atoms with Gasteiger partial charge in [-0.25, -0.2) is 0 Å². The molecular weight excluding hydrogens is 254 g/mol. The molecule has 0 aromatic carbocycles. The van der Waals surface area contributed by atoms with Crippen LogP contribution in [-0.4, -0.2) is 0 Å². The van der Waals surface area contributed by atoms with E-state index < -0.39 is 0 Å². The monoisotopic (exact) mass is 289 g/mol. The molecule has 0 N–H and O–H groups in total. The highest BCUT2D eigenvalue weighted by molar-refractivity contribution is 4.89. The summed E-state index contributed by atoms with van der Waals surface area (Å²) in [6.45, 7) is 4.80. The first-order valence-electron chi connectivity index (χ1n) is 9.64. The molecule has 1 unspecified atom stereocenters. The van der Waals surface area contributed by atoms with Crippen LogP contribution in [0.2, 0.25) is 0 Å². The first-order valence-corrected chi connectivity index (χ1v) is 9.64. The van der Waals surface area contributed by atoms with Gasteiger partial charge in [-0.2, -0.15) is 5.26 Å². The minimum atomic E-state index is 0.371. The van der Waals surface area contributed by atoms with E-state index in [1.54, 1.807) is 0 Å². The zero-order valence-corrected chi connectivity index (χ0v) is 14.3. The van der Waals surface area contributed by atoms with Gasteiger partial charge in [-0.05, 0) is 75.0 Å². The minimum absolute atomic E-state index is 0.371. The van der Waals surface area contributed by atoms with Gasteiger partial charge in [0.25, 0.3) is 0 Å². The number of rotatable bonds is 6. The van der Waals surface area contributed by atoms with Crippen molar-refractivity contribution in [2.75, 3.05) is 0 Å². The predicted octanol–water partition coefficient (Wildman–Crippen LogP) is 6.34. The van der Waals surface area contributed by atoms with Gasteiger partial charge >= 0.3 is 0 Å². The van der Waals surface area contributed by atoms with Gasteiger partial charge in [-0.15, -0.1) is 0 Å². The van der Waals surface area contributed by atoms with Crippen LogP contribution >= 0.6 is 0 Å². The second kappa shape index (κ2) is 8.82. The van der Waals surface area contributed by atoms with Gasteiger partial charge in [-0.3, -0.25) is 0 Å². The highest BCUT2D eigenvalue weighted by Crippen LogP contribution is 2.43. The molecular formula is C20H35N. The third kappa shape index (κ3) is 5.01. The maximum Gasteiger partial charge on any atom is 0.0655 e. The Morgan fingerprint density at radius 3 is 2.00 bits per heavy atom. The Hall–Kier alpha value is -0.510. The van der Waals surface area contributed by atoms with Crippen molar-refractivity contribution in [2.45, 2.75) is 90.9 Å². The van der Waals surface area contributed by atoms with Crippen molar-refractivity contribution in [1.29, 1.82) is 5.26 Å². The van der Waals surface area contributed by atoms with E-state index in [4.69, 9.17) is 5.26 Å². The molecule has 21 heavy (non-hydrogen) atoms. The van der Waals surface area contributed by atoms with E-state index in [1.807, 2.05) is 0 Å². The molecule has 0 radical (unpaired) electrons. The lowest BCUT2D eigenvalue weighted by molar-refractivity contribution is 0.133. The molecule has 0 saturated heterocycles. The molecule has 2 aliphatic rings. The standard InChI is InChI=1S/C20H35N/c1-3-4-5-6-16(2)18-11-13-20(14-12-18)19-9-7-17(15-21)8-10-19/h16-20H,3-14H2,1-2H3. The summed E-state index contributed by atoms with van der Waals surface area (Å²) in [6.07, 6.45) is 16.6. The normalized spacial score (nSPS) is 35.1. The number of hydrogen-bond donors (Lipinski definition) is 0. The largest absolute Gasteiger partial charge is 0.198 e. The van der Waals surface area contributed by atoms with Gasteiger partial charge in [0.05, 0.1) is 6.07 Å². The highest BCUT2D eigenvalue weighted by Gasteiger charge is 2.32. The Morgan fingerprint density at radius 2 is 1.48 bits per heavy atom. The maximum atomic E-state index is 9.02. The van der Waals surface area contributed by atoms with Crippen LogP contribution in [0.1, 0.15) is 90.9 Å². The lowest BCUT2D eigenvalue weighted by atomic mass is 9.67. The van der Waals surface area contributed by atoms with E-state index in [0.29, 0.717) is 5.92 Å². The zero-order chi connectivity index (χ0) is 15.1. The smallest absolute Gasteiger partial charge is 0.0655 e. The van der Waals surface area contributed by atoms with Crippen molar-refractivity contribution in [2.24, 2.45) is 29.6 Å². The Kier molecular flexibility index (Phi) is 7.08. The fourth-order valence-corrected chi connectivity index (χ4v) is 4.86. The van der Waals surface area contributed by atoms with Gasteiger partial charge < -0.3 is 0 Å². The minimum Gasteiger partial charge on any atom is -0.198 e. The number of unbranched alkanes of at least 4 members (excludes halogenated alkanes) is 2.